The topological polar surface area (TPSA) is 9.23 Å². The molecule has 0 aromatic rings. The van der Waals surface area contributed by atoms with Crippen molar-refractivity contribution in [3.63, 3.8) is 0 Å². The van der Waals surface area contributed by atoms with Crippen LogP contribution in [0.25, 0.3) is 0 Å². The van der Waals surface area contributed by atoms with E-state index in [4.69, 9.17) is 4.74 Å². The summed E-state index contributed by atoms with van der Waals surface area (Å²) in [6.07, 6.45) is 8.15. The van der Waals surface area contributed by atoms with Crippen LogP contribution in [0.4, 0.5) is 0 Å². The van der Waals surface area contributed by atoms with Crippen molar-refractivity contribution in [3.05, 3.63) is 0 Å². The average Bonchev–Trinajstić information content (AvgIpc) is 2.40. The van der Waals surface area contributed by atoms with Crippen molar-refractivity contribution in [2.24, 2.45) is 0 Å². The van der Waals surface area contributed by atoms with E-state index in [2.05, 4.69) is 30.6 Å². The second kappa shape index (κ2) is 12.4. The van der Waals surface area contributed by atoms with Crippen molar-refractivity contribution in [2.45, 2.75) is 72.6 Å². The third-order valence-electron chi connectivity index (χ3n) is 3.60. The van der Waals surface area contributed by atoms with Crippen LogP contribution in [0.5, 0.6) is 0 Å². The Morgan fingerprint density at radius 3 is 1.61 bits per heavy atom. The number of rotatable bonds is 10. The van der Waals surface area contributed by atoms with Crippen LogP contribution in [0.3, 0.4) is 0 Å². The van der Waals surface area contributed by atoms with Crippen molar-refractivity contribution >= 4 is 18.4 Å². The van der Waals surface area contributed by atoms with Gasteiger partial charge in [0.05, 0.1) is 0 Å². The Hall–Kier alpha value is 0.319. The van der Waals surface area contributed by atoms with E-state index in [9.17, 15) is 0 Å². The van der Waals surface area contributed by atoms with E-state index in [1.54, 1.807) is 7.11 Å². The van der Waals surface area contributed by atoms with Gasteiger partial charge in [0.25, 0.3) is 0 Å². The first kappa shape index (κ1) is 18.3. The molecule has 0 aromatic heterocycles. The molecule has 0 saturated heterocycles. The number of unbranched alkanes of at least 4 members (excludes halogenated alkanes) is 3. The van der Waals surface area contributed by atoms with Gasteiger partial charge in [-0.3, -0.25) is 0 Å². The number of ether oxygens (including phenoxy) is 1. The molecule has 0 aliphatic heterocycles. The summed E-state index contributed by atoms with van der Waals surface area (Å²) in [6, 6.07) is 0. The monoisotopic (exact) mass is 360 g/mol. The van der Waals surface area contributed by atoms with Gasteiger partial charge in [0.1, 0.15) is 0 Å². The normalized spacial score (nSPS) is 11.1. The van der Waals surface area contributed by atoms with Gasteiger partial charge in [-0.05, 0) is 0 Å². The van der Waals surface area contributed by atoms with Crippen LogP contribution in [0.2, 0.25) is 13.3 Å². The van der Waals surface area contributed by atoms with Crippen LogP contribution < -0.4 is 0 Å². The first-order valence-electron chi connectivity index (χ1n) is 7.73. The van der Waals surface area contributed by atoms with E-state index in [1.807, 2.05) is 0 Å². The third-order valence-corrected chi connectivity index (χ3v) is 16.8. The van der Waals surface area contributed by atoms with Crippen LogP contribution in [0.15, 0.2) is 0 Å². The Balaban J connectivity index is 4.69. The van der Waals surface area contributed by atoms with E-state index in [0.29, 0.717) is 6.61 Å². The molecule has 0 aromatic carbocycles. The zero-order valence-corrected chi connectivity index (χ0v) is 15.8. The molecule has 0 atom stereocenters. The molecule has 0 amide bonds. The predicted molar refractivity (Wildman–Crippen MR) is 84.6 cm³/mol. The SMILES string of the molecule is CCC[CH2][Sn]([C]#CCOC)([CH2]CCC)[CH2]CCC. The molecule has 0 fully saturated rings. The standard InChI is InChI=1S/C4H5O.3C4H9.Sn/c1-3-4-5-2;3*1-3-4-2;/h4H2,2H3;3*1,3-4H2,2H3;. The molecule has 0 unspecified atom stereocenters. The van der Waals surface area contributed by atoms with Crippen molar-refractivity contribution in [1.29, 1.82) is 0 Å². The van der Waals surface area contributed by atoms with E-state index in [-0.39, 0.29) is 0 Å². The summed E-state index contributed by atoms with van der Waals surface area (Å²) in [5, 5.41) is 0. The van der Waals surface area contributed by atoms with Crippen LogP contribution in [0.1, 0.15) is 59.3 Å². The maximum absolute atomic E-state index is 5.11. The van der Waals surface area contributed by atoms with Crippen molar-refractivity contribution in [1.82, 2.24) is 0 Å². The summed E-state index contributed by atoms with van der Waals surface area (Å²) in [4.78, 5) is 0. The van der Waals surface area contributed by atoms with Gasteiger partial charge in [0, 0.05) is 0 Å². The zero-order chi connectivity index (χ0) is 13.7. The third kappa shape index (κ3) is 8.43. The van der Waals surface area contributed by atoms with Gasteiger partial charge >= 0.3 is 119 Å². The first-order valence-corrected chi connectivity index (χ1v) is 15.2. The van der Waals surface area contributed by atoms with Crippen LogP contribution in [0, 0.1) is 9.86 Å². The fourth-order valence-electron chi connectivity index (χ4n) is 2.40. The summed E-state index contributed by atoms with van der Waals surface area (Å²) >= 11 is -2.16. The van der Waals surface area contributed by atoms with Crippen molar-refractivity contribution < 1.29 is 4.74 Å². The molecule has 0 radical (unpaired) electrons. The average molecular weight is 359 g/mol. The van der Waals surface area contributed by atoms with Gasteiger partial charge in [-0.25, -0.2) is 0 Å². The Kier molecular flexibility index (Phi) is 12.6. The van der Waals surface area contributed by atoms with E-state index in [1.165, 1.54) is 51.8 Å². The number of methoxy groups -OCH3 is 1. The quantitative estimate of drug-likeness (QED) is 0.393. The van der Waals surface area contributed by atoms with Gasteiger partial charge in [0.2, 0.25) is 0 Å². The molecule has 2 heteroatoms. The number of hydrogen-bond donors (Lipinski definition) is 0. The van der Waals surface area contributed by atoms with E-state index >= 15 is 0 Å². The summed E-state index contributed by atoms with van der Waals surface area (Å²) in [7, 11) is 1.75. The van der Waals surface area contributed by atoms with Crippen LogP contribution in [-0.4, -0.2) is 32.1 Å². The Morgan fingerprint density at radius 2 is 1.28 bits per heavy atom. The van der Waals surface area contributed by atoms with Crippen LogP contribution >= 0.6 is 0 Å². The molecule has 0 N–H and O–H groups in total. The molecule has 0 aliphatic rings. The summed E-state index contributed by atoms with van der Waals surface area (Å²) < 4.78 is 13.3. The molecule has 0 aliphatic carbocycles. The van der Waals surface area contributed by atoms with Gasteiger partial charge < -0.3 is 0 Å². The molecule has 1 nitrogen and oxygen atoms in total. The van der Waals surface area contributed by atoms with Gasteiger partial charge in [-0.2, -0.15) is 0 Å². The van der Waals surface area contributed by atoms with Gasteiger partial charge in [-0.15, -0.1) is 0 Å². The number of hydrogen-bond acceptors (Lipinski definition) is 1. The minimum absolute atomic E-state index is 0.628. The van der Waals surface area contributed by atoms with Crippen LogP contribution in [-0.2, 0) is 4.74 Å². The van der Waals surface area contributed by atoms with E-state index < -0.39 is 18.4 Å². The zero-order valence-electron chi connectivity index (χ0n) is 13.0. The Bertz CT molecular complexity index is 217. The summed E-state index contributed by atoms with van der Waals surface area (Å²) in [6.45, 7) is 7.54. The molecular formula is C16H32OSn. The van der Waals surface area contributed by atoms with Crippen molar-refractivity contribution in [2.75, 3.05) is 13.7 Å². The second-order valence-electron chi connectivity index (χ2n) is 5.33. The first-order chi connectivity index (χ1) is 8.74. The molecule has 106 valence electrons. The fraction of sp³-hybridized carbons (Fsp3) is 0.875. The van der Waals surface area contributed by atoms with Gasteiger partial charge in [0.15, 0.2) is 0 Å². The molecule has 18 heavy (non-hydrogen) atoms. The molecule has 0 spiro atoms. The fourth-order valence-corrected chi connectivity index (χ4v) is 15.7. The Labute approximate surface area is 119 Å². The summed E-state index contributed by atoms with van der Waals surface area (Å²) in [5.74, 6) is 3.32. The van der Waals surface area contributed by atoms with Gasteiger partial charge in [-0.1, -0.05) is 0 Å². The minimum atomic E-state index is -2.16. The maximum atomic E-state index is 5.11. The van der Waals surface area contributed by atoms with Crippen molar-refractivity contribution in [3.8, 4) is 9.86 Å². The summed E-state index contributed by atoms with van der Waals surface area (Å²) in [5.41, 5.74) is 0. The molecular weight excluding hydrogens is 327 g/mol. The second-order valence-corrected chi connectivity index (χ2v) is 17.6. The molecule has 0 bridgehead atoms. The molecule has 0 saturated carbocycles. The Morgan fingerprint density at radius 1 is 0.833 bits per heavy atom. The predicted octanol–water partition coefficient (Wildman–Crippen LogP) is 5.02. The van der Waals surface area contributed by atoms with E-state index in [0.717, 1.165) is 0 Å². The molecule has 0 rings (SSSR count). The molecule has 0 heterocycles.